The maximum absolute atomic E-state index is 13.5. The summed E-state index contributed by atoms with van der Waals surface area (Å²) in [5, 5.41) is 2.63. The van der Waals surface area contributed by atoms with Gasteiger partial charge in [-0.1, -0.05) is 12.1 Å². The van der Waals surface area contributed by atoms with Crippen molar-refractivity contribution in [3.63, 3.8) is 0 Å². The van der Waals surface area contributed by atoms with Gasteiger partial charge >= 0.3 is 6.03 Å². The predicted octanol–water partition coefficient (Wildman–Crippen LogP) is 2.56. The number of hydrogen-bond acceptors (Lipinski definition) is 2. The van der Waals surface area contributed by atoms with Crippen molar-refractivity contribution in [3.8, 4) is 0 Å². The number of amides is 2. The first-order valence-electron chi connectivity index (χ1n) is 6.67. The molecule has 1 aliphatic rings. The highest BCUT2D eigenvalue weighted by Crippen LogP contribution is 2.23. The van der Waals surface area contributed by atoms with E-state index >= 15 is 0 Å². The quantitative estimate of drug-likeness (QED) is 0.863. The van der Waals surface area contributed by atoms with Crippen LogP contribution in [0, 0.1) is 5.82 Å². The number of nitrogens with one attached hydrogen (secondary N) is 1. The molecule has 2 unspecified atom stereocenters. The molecule has 1 aliphatic heterocycles. The Bertz CT molecular complexity index is 452. The zero-order valence-corrected chi connectivity index (χ0v) is 11.1. The SMILES string of the molecule is CC1CCCC(CN)N1C(=O)Nc1ccccc1F. The number of nitrogens with two attached hydrogens (primary N) is 1. The molecule has 0 radical (unpaired) electrons. The molecule has 0 aromatic heterocycles. The Morgan fingerprint density at radius 2 is 2.21 bits per heavy atom. The van der Waals surface area contributed by atoms with Crippen LogP contribution in [0.5, 0.6) is 0 Å². The van der Waals surface area contributed by atoms with Gasteiger partial charge < -0.3 is 16.0 Å². The Labute approximate surface area is 112 Å². The van der Waals surface area contributed by atoms with E-state index < -0.39 is 5.82 Å². The molecule has 2 amide bonds. The molecule has 5 heteroatoms. The lowest BCUT2D eigenvalue weighted by Crippen LogP contribution is -2.53. The summed E-state index contributed by atoms with van der Waals surface area (Å²) >= 11 is 0. The van der Waals surface area contributed by atoms with E-state index in [1.54, 1.807) is 23.1 Å². The third-order valence-corrected chi connectivity index (χ3v) is 3.65. The van der Waals surface area contributed by atoms with E-state index in [1.807, 2.05) is 6.92 Å². The molecular weight excluding hydrogens is 245 g/mol. The van der Waals surface area contributed by atoms with Crippen LogP contribution in [-0.4, -0.2) is 29.6 Å². The second-order valence-electron chi connectivity index (χ2n) is 4.99. The number of likely N-dealkylation sites (tertiary alicyclic amines) is 1. The maximum Gasteiger partial charge on any atom is 0.322 e. The molecule has 2 atom stereocenters. The van der Waals surface area contributed by atoms with Gasteiger partial charge in [-0.3, -0.25) is 0 Å². The lowest BCUT2D eigenvalue weighted by Gasteiger charge is -2.40. The van der Waals surface area contributed by atoms with Crippen LogP contribution in [-0.2, 0) is 0 Å². The van der Waals surface area contributed by atoms with Crippen LogP contribution in [0.15, 0.2) is 24.3 Å². The third kappa shape index (κ3) is 3.04. The minimum atomic E-state index is -0.426. The van der Waals surface area contributed by atoms with E-state index in [0.29, 0.717) is 6.54 Å². The maximum atomic E-state index is 13.5. The van der Waals surface area contributed by atoms with E-state index in [0.717, 1.165) is 19.3 Å². The average molecular weight is 265 g/mol. The van der Waals surface area contributed by atoms with Crippen LogP contribution < -0.4 is 11.1 Å². The summed E-state index contributed by atoms with van der Waals surface area (Å²) in [5.41, 5.74) is 5.93. The van der Waals surface area contributed by atoms with Crippen molar-refractivity contribution < 1.29 is 9.18 Å². The fraction of sp³-hybridized carbons (Fsp3) is 0.500. The second kappa shape index (κ2) is 6.02. The van der Waals surface area contributed by atoms with Crippen LogP contribution in [0.1, 0.15) is 26.2 Å². The number of rotatable bonds is 2. The van der Waals surface area contributed by atoms with Gasteiger partial charge in [0.05, 0.1) is 5.69 Å². The van der Waals surface area contributed by atoms with Crippen molar-refractivity contribution in [3.05, 3.63) is 30.1 Å². The minimum absolute atomic E-state index is 0.0375. The van der Waals surface area contributed by atoms with Crippen molar-refractivity contribution >= 4 is 11.7 Å². The number of hydrogen-bond donors (Lipinski definition) is 2. The molecule has 1 saturated heterocycles. The highest BCUT2D eigenvalue weighted by Gasteiger charge is 2.31. The summed E-state index contributed by atoms with van der Waals surface area (Å²) in [6.45, 7) is 2.44. The van der Waals surface area contributed by atoms with Gasteiger partial charge in [0.2, 0.25) is 0 Å². The average Bonchev–Trinajstić information content (AvgIpc) is 2.40. The molecular formula is C14H20FN3O. The van der Waals surface area contributed by atoms with Crippen molar-refractivity contribution in [2.24, 2.45) is 5.73 Å². The fourth-order valence-corrected chi connectivity index (χ4v) is 2.63. The van der Waals surface area contributed by atoms with Gasteiger partial charge in [0.1, 0.15) is 5.82 Å². The number of para-hydroxylation sites is 1. The zero-order chi connectivity index (χ0) is 13.8. The standard InChI is InChI=1S/C14H20FN3O/c1-10-5-4-6-11(9-16)18(10)14(19)17-13-8-3-2-7-12(13)15/h2-3,7-8,10-11H,4-6,9,16H2,1H3,(H,17,19). The minimum Gasteiger partial charge on any atom is -0.328 e. The molecule has 0 bridgehead atoms. The molecule has 19 heavy (non-hydrogen) atoms. The van der Waals surface area contributed by atoms with Crippen LogP contribution in [0.2, 0.25) is 0 Å². The molecule has 1 aromatic carbocycles. The molecule has 3 N–H and O–H groups in total. The van der Waals surface area contributed by atoms with Crippen molar-refractivity contribution in [1.82, 2.24) is 4.90 Å². The van der Waals surface area contributed by atoms with Gasteiger partial charge in [0.15, 0.2) is 0 Å². The number of carbonyl (C=O) groups excluding carboxylic acids is 1. The normalized spacial score (nSPS) is 23.2. The first kappa shape index (κ1) is 13.8. The number of urea groups is 1. The number of nitrogens with zero attached hydrogens (tertiary/aromatic N) is 1. The topological polar surface area (TPSA) is 58.4 Å². The first-order chi connectivity index (χ1) is 9.13. The molecule has 4 nitrogen and oxygen atoms in total. The largest absolute Gasteiger partial charge is 0.328 e. The fourth-order valence-electron chi connectivity index (χ4n) is 2.63. The number of benzene rings is 1. The Morgan fingerprint density at radius 3 is 2.89 bits per heavy atom. The van der Waals surface area contributed by atoms with Gasteiger partial charge in [-0.15, -0.1) is 0 Å². The zero-order valence-electron chi connectivity index (χ0n) is 11.1. The van der Waals surface area contributed by atoms with Gasteiger partial charge in [0.25, 0.3) is 0 Å². The summed E-state index contributed by atoms with van der Waals surface area (Å²) in [6, 6.07) is 6.07. The molecule has 1 fully saturated rings. The molecule has 1 heterocycles. The smallest absolute Gasteiger partial charge is 0.322 e. The van der Waals surface area contributed by atoms with E-state index in [4.69, 9.17) is 5.73 Å². The lowest BCUT2D eigenvalue weighted by atomic mass is 9.97. The Kier molecular flexibility index (Phi) is 4.37. The van der Waals surface area contributed by atoms with E-state index in [-0.39, 0.29) is 23.8 Å². The molecule has 0 spiro atoms. The summed E-state index contributed by atoms with van der Waals surface area (Å²) < 4.78 is 13.5. The van der Waals surface area contributed by atoms with E-state index in [1.165, 1.54) is 6.07 Å². The number of piperidine rings is 1. The Hall–Kier alpha value is -1.62. The summed E-state index contributed by atoms with van der Waals surface area (Å²) in [5.74, 6) is -0.426. The van der Waals surface area contributed by atoms with Crippen molar-refractivity contribution in [2.45, 2.75) is 38.3 Å². The number of anilines is 1. The molecule has 0 aliphatic carbocycles. The van der Waals surface area contributed by atoms with Gasteiger partial charge in [-0.2, -0.15) is 0 Å². The van der Waals surface area contributed by atoms with Crippen LogP contribution in [0.3, 0.4) is 0 Å². The van der Waals surface area contributed by atoms with E-state index in [9.17, 15) is 9.18 Å². The highest BCUT2D eigenvalue weighted by atomic mass is 19.1. The van der Waals surface area contributed by atoms with Crippen LogP contribution >= 0.6 is 0 Å². The summed E-state index contributed by atoms with van der Waals surface area (Å²) in [7, 11) is 0. The Balaban J connectivity index is 2.11. The van der Waals surface area contributed by atoms with Crippen LogP contribution in [0.4, 0.5) is 14.9 Å². The molecule has 0 saturated carbocycles. The number of carbonyl (C=O) groups is 1. The predicted molar refractivity (Wildman–Crippen MR) is 73.4 cm³/mol. The highest BCUT2D eigenvalue weighted by molar-refractivity contribution is 5.90. The first-order valence-corrected chi connectivity index (χ1v) is 6.67. The van der Waals surface area contributed by atoms with Crippen molar-refractivity contribution in [1.29, 1.82) is 0 Å². The molecule has 1 aromatic rings. The van der Waals surface area contributed by atoms with Gasteiger partial charge in [0, 0.05) is 18.6 Å². The summed E-state index contributed by atoms with van der Waals surface area (Å²) in [6.07, 6.45) is 2.94. The van der Waals surface area contributed by atoms with Gasteiger partial charge in [-0.05, 0) is 38.3 Å². The second-order valence-corrected chi connectivity index (χ2v) is 4.99. The molecule has 2 rings (SSSR count). The monoisotopic (exact) mass is 265 g/mol. The number of halogens is 1. The summed E-state index contributed by atoms with van der Waals surface area (Å²) in [4.78, 5) is 14.0. The molecule has 104 valence electrons. The van der Waals surface area contributed by atoms with Gasteiger partial charge in [-0.25, -0.2) is 9.18 Å². The van der Waals surface area contributed by atoms with Crippen molar-refractivity contribution in [2.75, 3.05) is 11.9 Å². The van der Waals surface area contributed by atoms with E-state index in [2.05, 4.69) is 5.32 Å². The van der Waals surface area contributed by atoms with Crippen LogP contribution in [0.25, 0.3) is 0 Å². The Morgan fingerprint density at radius 1 is 1.47 bits per heavy atom. The lowest BCUT2D eigenvalue weighted by molar-refractivity contribution is 0.128. The third-order valence-electron chi connectivity index (χ3n) is 3.65.